The van der Waals surface area contributed by atoms with Crippen LogP contribution in [0.5, 0.6) is 0 Å². The summed E-state index contributed by atoms with van der Waals surface area (Å²) in [6, 6.07) is 14.7. The lowest BCUT2D eigenvalue weighted by Crippen LogP contribution is -2.32. The molecule has 1 unspecified atom stereocenters. The van der Waals surface area contributed by atoms with Gasteiger partial charge in [0.25, 0.3) is 0 Å². The van der Waals surface area contributed by atoms with E-state index in [-0.39, 0.29) is 0 Å². The van der Waals surface area contributed by atoms with Gasteiger partial charge in [-0.3, -0.25) is 4.90 Å². The summed E-state index contributed by atoms with van der Waals surface area (Å²) in [6.07, 6.45) is 1.77. The van der Waals surface area contributed by atoms with Gasteiger partial charge in [-0.15, -0.1) is 0 Å². The summed E-state index contributed by atoms with van der Waals surface area (Å²) in [4.78, 5) is 6.96. The molecule has 2 aromatic carbocycles. The first kappa shape index (κ1) is 19.0. The van der Waals surface area contributed by atoms with Gasteiger partial charge >= 0.3 is 0 Å². The van der Waals surface area contributed by atoms with Gasteiger partial charge in [0.05, 0.1) is 12.7 Å². The fourth-order valence-corrected chi connectivity index (χ4v) is 3.76. The van der Waals surface area contributed by atoms with Crippen LogP contribution in [-0.2, 0) is 19.6 Å². The number of oxazole rings is 1. The van der Waals surface area contributed by atoms with Crippen LogP contribution >= 0.6 is 11.6 Å². The van der Waals surface area contributed by atoms with Gasteiger partial charge in [0.15, 0.2) is 5.76 Å². The van der Waals surface area contributed by atoms with E-state index in [0.29, 0.717) is 29.4 Å². The summed E-state index contributed by atoms with van der Waals surface area (Å²) in [6.45, 7) is 9.45. The van der Waals surface area contributed by atoms with Crippen LogP contribution in [0.3, 0.4) is 0 Å². The largest absolute Gasteiger partial charge is 0.439 e. The number of fused-ring (bicyclic) bond motifs is 1. The Labute approximate surface area is 171 Å². The van der Waals surface area contributed by atoms with Gasteiger partial charge in [-0.1, -0.05) is 37.6 Å². The number of nitrogens with one attached hydrogen (secondary N) is 1. The molecule has 0 amide bonds. The van der Waals surface area contributed by atoms with Gasteiger partial charge in [-0.25, -0.2) is 4.98 Å². The van der Waals surface area contributed by atoms with Crippen LogP contribution in [0.15, 0.2) is 53.1 Å². The first-order chi connectivity index (χ1) is 13.5. The van der Waals surface area contributed by atoms with Gasteiger partial charge in [0.2, 0.25) is 5.89 Å². The van der Waals surface area contributed by atoms with Crippen molar-refractivity contribution in [3.63, 3.8) is 0 Å². The number of halogens is 1. The van der Waals surface area contributed by atoms with E-state index in [1.165, 1.54) is 16.8 Å². The molecule has 1 aliphatic rings. The average Bonchev–Trinajstić information content (AvgIpc) is 3.33. The van der Waals surface area contributed by atoms with Gasteiger partial charge in [0, 0.05) is 35.4 Å². The highest BCUT2D eigenvalue weighted by atomic mass is 35.5. The van der Waals surface area contributed by atoms with E-state index in [4.69, 9.17) is 16.0 Å². The van der Waals surface area contributed by atoms with Crippen LogP contribution in [0, 0.1) is 5.92 Å². The van der Waals surface area contributed by atoms with Crippen molar-refractivity contribution < 1.29 is 4.42 Å². The van der Waals surface area contributed by atoms with E-state index in [2.05, 4.69) is 54.2 Å². The second-order valence-corrected chi connectivity index (χ2v) is 8.25. The van der Waals surface area contributed by atoms with Crippen LogP contribution in [0.25, 0.3) is 11.3 Å². The highest BCUT2D eigenvalue weighted by Crippen LogP contribution is 2.32. The summed E-state index contributed by atoms with van der Waals surface area (Å²) in [5.74, 6) is 2.07. The Morgan fingerprint density at radius 2 is 1.89 bits per heavy atom. The molecule has 4 rings (SSSR count). The van der Waals surface area contributed by atoms with Crippen molar-refractivity contribution in [2.75, 3.05) is 5.32 Å². The van der Waals surface area contributed by atoms with Crippen molar-refractivity contribution in [3.05, 3.63) is 70.7 Å². The number of hydrogen-bond donors (Lipinski definition) is 1. The average molecular weight is 396 g/mol. The lowest BCUT2D eigenvalue weighted by Gasteiger charge is -2.27. The Morgan fingerprint density at radius 3 is 2.64 bits per heavy atom. The summed E-state index contributed by atoms with van der Waals surface area (Å²) in [5.41, 5.74) is 4.94. The summed E-state index contributed by atoms with van der Waals surface area (Å²) in [7, 11) is 0. The van der Waals surface area contributed by atoms with E-state index in [1.807, 2.05) is 24.3 Å². The lowest BCUT2D eigenvalue weighted by atomic mass is 10.1. The fourth-order valence-electron chi connectivity index (χ4n) is 3.63. The van der Waals surface area contributed by atoms with Gasteiger partial charge in [-0.2, -0.15) is 0 Å². The third kappa shape index (κ3) is 3.94. The first-order valence-electron chi connectivity index (χ1n) is 9.80. The van der Waals surface area contributed by atoms with Crippen LogP contribution in [0.4, 0.5) is 5.69 Å². The molecule has 4 nitrogen and oxygen atoms in total. The molecular formula is C23H26ClN3O. The van der Waals surface area contributed by atoms with Gasteiger partial charge < -0.3 is 9.73 Å². The molecule has 28 heavy (non-hydrogen) atoms. The number of hydrogen-bond acceptors (Lipinski definition) is 4. The molecule has 0 bridgehead atoms. The first-order valence-corrected chi connectivity index (χ1v) is 10.2. The van der Waals surface area contributed by atoms with E-state index >= 15 is 0 Å². The fraction of sp³-hybridized carbons (Fsp3) is 0.348. The number of aromatic nitrogens is 1. The predicted molar refractivity (Wildman–Crippen MR) is 114 cm³/mol. The minimum Gasteiger partial charge on any atom is -0.439 e. The molecule has 0 spiro atoms. The molecule has 0 saturated heterocycles. The summed E-state index contributed by atoms with van der Waals surface area (Å²) in [5, 5.41) is 4.23. The zero-order valence-electron chi connectivity index (χ0n) is 16.6. The van der Waals surface area contributed by atoms with Crippen molar-refractivity contribution in [3.8, 4) is 11.3 Å². The van der Waals surface area contributed by atoms with Crippen LogP contribution in [0.2, 0.25) is 5.02 Å². The Hall–Kier alpha value is -2.30. The topological polar surface area (TPSA) is 41.3 Å². The second kappa shape index (κ2) is 7.98. The SMILES string of the molecule is CC(C)C(C)N1Cc2cccc(NCc3ncc(-c4ccc(Cl)cc4)o3)c2C1. The number of anilines is 1. The van der Waals surface area contributed by atoms with Crippen LogP contribution in [0.1, 0.15) is 37.8 Å². The summed E-state index contributed by atoms with van der Waals surface area (Å²) < 4.78 is 5.91. The molecule has 2 heterocycles. The summed E-state index contributed by atoms with van der Waals surface area (Å²) >= 11 is 5.96. The molecule has 0 radical (unpaired) electrons. The number of benzene rings is 2. The molecule has 1 aromatic heterocycles. The molecule has 0 fully saturated rings. The number of nitrogens with zero attached hydrogens (tertiary/aromatic N) is 2. The zero-order chi connectivity index (χ0) is 19.7. The molecule has 5 heteroatoms. The van der Waals surface area contributed by atoms with Crippen molar-refractivity contribution in [1.29, 1.82) is 0 Å². The molecular weight excluding hydrogens is 370 g/mol. The quantitative estimate of drug-likeness (QED) is 0.558. The highest BCUT2D eigenvalue weighted by molar-refractivity contribution is 6.30. The molecule has 1 N–H and O–H groups in total. The molecule has 1 aliphatic heterocycles. The van der Waals surface area contributed by atoms with Crippen molar-refractivity contribution in [2.24, 2.45) is 5.92 Å². The Balaban J connectivity index is 1.45. The Kier molecular flexibility index (Phi) is 5.42. The molecule has 0 aliphatic carbocycles. The van der Waals surface area contributed by atoms with E-state index < -0.39 is 0 Å². The monoisotopic (exact) mass is 395 g/mol. The lowest BCUT2D eigenvalue weighted by molar-refractivity contribution is 0.170. The van der Waals surface area contributed by atoms with E-state index in [0.717, 1.165) is 24.4 Å². The minimum atomic E-state index is 0.559. The normalized spacial score (nSPS) is 15.0. The molecule has 146 valence electrons. The third-order valence-corrected chi connectivity index (χ3v) is 5.91. The zero-order valence-corrected chi connectivity index (χ0v) is 17.3. The molecule has 1 atom stereocenters. The van der Waals surface area contributed by atoms with Crippen LogP contribution < -0.4 is 5.32 Å². The van der Waals surface area contributed by atoms with E-state index in [9.17, 15) is 0 Å². The maximum Gasteiger partial charge on any atom is 0.214 e. The standard InChI is InChI=1S/C23H26ClN3O/c1-15(2)16(3)27-13-18-5-4-6-21(20(18)14-27)25-12-23-26-11-22(28-23)17-7-9-19(24)10-8-17/h4-11,15-16,25H,12-14H2,1-3H3. The van der Waals surface area contributed by atoms with Gasteiger partial charge in [-0.05, 0) is 54.3 Å². The maximum atomic E-state index is 5.96. The predicted octanol–water partition coefficient (Wildman–Crippen LogP) is 5.97. The smallest absolute Gasteiger partial charge is 0.214 e. The second-order valence-electron chi connectivity index (χ2n) is 7.81. The van der Waals surface area contributed by atoms with Crippen molar-refractivity contribution in [1.82, 2.24) is 9.88 Å². The van der Waals surface area contributed by atoms with Gasteiger partial charge in [0.1, 0.15) is 0 Å². The van der Waals surface area contributed by atoms with E-state index in [1.54, 1.807) is 6.20 Å². The molecule has 0 saturated carbocycles. The van der Waals surface area contributed by atoms with Crippen LogP contribution in [-0.4, -0.2) is 15.9 Å². The highest BCUT2D eigenvalue weighted by Gasteiger charge is 2.26. The molecule has 3 aromatic rings. The Morgan fingerprint density at radius 1 is 1.11 bits per heavy atom. The minimum absolute atomic E-state index is 0.559. The Bertz CT molecular complexity index is 949. The van der Waals surface area contributed by atoms with Crippen molar-refractivity contribution >= 4 is 17.3 Å². The third-order valence-electron chi connectivity index (χ3n) is 5.66. The maximum absolute atomic E-state index is 5.96. The number of rotatable bonds is 6. The van der Waals surface area contributed by atoms with Crippen molar-refractivity contribution in [2.45, 2.75) is 46.4 Å².